The number of nitrogens with one attached hydrogen (secondary N) is 4. The maximum atomic E-state index is 13.0. The van der Waals surface area contributed by atoms with E-state index in [4.69, 9.17) is 4.74 Å². The molecule has 4 aromatic carbocycles. The lowest BCUT2D eigenvalue weighted by molar-refractivity contribution is -0.438. The number of hydrogen-bond donors (Lipinski definition) is 9. The van der Waals surface area contributed by atoms with Crippen LogP contribution < -0.4 is 30.9 Å². The van der Waals surface area contributed by atoms with Crippen LogP contribution in [0.3, 0.4) is 0 Å². The summed E-state index contributed by atoms with van der Waals surface area (Å²) >= 11 is 0. The SMILES string of the molecule is CC1(C)C(/C=C/C2=C(Oc3ccc(CCNC(=O)CCCCCCCNC(=O)Cc4ccc(CNC(=O)C[C@H]5C[C@H](C(=O)N6CCC[C@@H]6B(O)O)NC5=O)cc4)cc3)C(=C/C=C3/N(CCCCS(=O)(=O)O)c4ccc(S(=O)(=O)O)cc4C3(C)C)/CCC2)=[N+](CCCCS(=O)(=O)O)c2ccccc21. The first kappa shape index (κ1) is 78.3. The number of fused-ring (bicyclic) bond motifs is 2. The van der Waals surface area contributed by atoms with Gasteiger partial charge in [-0.15, -0.1) is 0 Å². The molecule has 5 amide bonds. The Morgan fingerprint density at radius 2 is 1.37 bits per heavy atom. The zero-order chi connectivity index (χ0) is 73.6. The molecule has 0 unspecified atom stereocenters. The van der Waals surface area contributed by atoms with E-state index in [2.05, 4.69) is 64.0 Å². The van der Waals surface area contributed by atoms with Gasteiger partial charge in [-0.3, -0.25) is 37.6 Å². The number of anilines is 1. The lowest BCUT2D eigenvalue weighted by Crippen LogP contribution is -2.51. The van der Waals surface area contributed by atoms with Crippen LogP contribution in [-0.2, 0) is 84.5 Å². The molecule has 24 nitrogen and oxygen atoms in total. The van der Waals surface area contributed by atoms with Crippen LogP contribution in [-0.4, -0.2) is 157 Å². The Kier molecular flexibility index (Phi) is 26.6. The highest BCUT2D eigenvalue weighted by molar-refractivity contribution is 7.86. The number of allylic oxidation sites excluding steroid dienone is 7. The smallest absolute Gasteiger partial charge is 0.457 e. The van der Waals surface area contributed by atoms with Crippen molar-refractivity contribution in [3.05, 3.63) is 166 Å². The number of ether oxygens (including phenoxy) is 1. The van der Waals surface area contributed by atoms with Gasteiger partial charge in [0.1, 0.15) is 24.1 Å². The van der Waals surface area contributed by atoms with E-state index in [1.807, 2.05) is 91.6 Å². The summed E-state index contributed by atoms with van der Waals surface area (Å²) in [6, 6.07) is 26.8. The Morgan fingerprint density at radius 1 is 0.696 bits per heavy atom. The molecule has 5 aliphatic rings. The molecule has 3 atom stereocenters. The molecule has 550 valence electrons. The Bertz CT molecular complexity index is 4250. The highest BCUT2D eigenvalue weighted by atomic mass is 32.2. The second kappa shape index (κ2) is 34.6. The Labute approximate surface area is 599 Å². The van der Waals surface area contributed by atoms with E-state index >= 15 is 0 Å². The summed E-state index contributed by atoms with van der Waals surface area (Å²) < 4.78 is 110. The summed E-state index contributed by atoms with van der Waals surface area (Å²) in [6.45, 7) is 10.6. The molecule has 9 rings (SSSR count). The van der Waals surface area contributed by atoms with E-state index in [1.54, 1.807) is 6.07 Å². The summed E-state index contributed by atoms with van der Waals surface area (Å²) in [5, 5.41) is 30.8. The van der Waals surface area contributed by atoms with Gasteiger partial charge in [-0.05, 0) is 167 Å². The van der Waals surface area contributed by atoms with Gasteiger partial charge in [0.05, 0.1) is 34.2 Å². The first-order chi connectivity index (χ1) is 48.4. The molecule has 28 heteroatoms. The van der Waals surface area contributed by atoms with Crippen LogP contribution in [0.4, 0.5) is 11.4 Å². The predicted molar refractivity (Wildman–Crippen MR) is 389 cm³/mol. The van der Waals surface area contributed by atoms with Crippen molar-refractivity contribution in [2.24, 2.45) is 5.92 Å². The quantitative estimate of drug-likeness (QED) is 0.00906. The number of nitrogens with zero attached hydrogens (tertiary/aromatic N) is 3. The molecule has 2 saturated heterocycles. The second-order valence-electron chi connectivity index (χ2n) is 28.2. The average molecular weight is 1460 g/mol. The van der Waals surface area contributed by atoms with Crippen LogP contribution in [0.25, 0.3) is 0 Å². The maximum Gasteiger partial charge on any atom is 0.475 e. The van der Waals surface area contributed by atoms with Crippen molar-refractivity contribution >= 4 is 84.1 Å². The fourth-order valence-electron chi connectivity index (χ4n) is 14.4. The lowest BCUT2D eigenvalue weighted by atomic mass is 9.77. The van der Waals surface area contributed by atoms with Crippen LogP contribution in [0, 0.1) is 5.92 Å². The normalized spacial score (nSPS) is 19.6. The summed E-state index contributed by atoms with van der Waals surface area (Å²) in [5.74, 6) is -2.18. The molecular formula is C74H97BN7O17S3+. The second-order valence-corrected chi connectivity index (χ2v) is 32.8. The molecular weight excluding hydrogens is 1370 g/mol. The van der Waals surface area contributed by atoms with Crippen molar-refractivity contribution in [3.63, 3.8) is 0 Å². The van der Waals surface area contributed by atoms with Gasteiger partial charge in [0.25, 0.3) is 30.4 Å². The van der Waals surface area contributed by atoms with Crippen molar-refractivity contribution < 1.29 is 82.2 Å². The number of hydrogen-bond acceptors (Lipinski definition) is 15. The van der Waals surface area contributed by atoms with Crippen molar-refractivity contribution in [2.75, 3.05) is 49.1 Å². The first-order valence-electron chi connectivity index (χ1n) is 35.4. The van der Waals surface area contributed by atoms with Crippen molar-refractivity contribution in [1.29, 1.82) is 0 Å². The average Bonchev–Trinajstić information content (AvgIpc) is 1.60. The van der Waals surface area contributed by atoms with Gasteiger partial charge in [0.2, 0.25) is 35.2 Å². The molecule has 0 saturated carbocycles. The third kappa shape index (κ3) is 21.2. The fraction of sp³-hybridized carbons (Fsp3) is 0.486. The van der Waals surface area contributed by atoms with E-state index in [0.29, 0.717) is 107 Å². The molecule has 0 bridgehead atoms. The van der Waals surface area contributed by atoms with Crippen LogP contribution in [0.5, 0.6) is 5.75 Å². The number of rotatable bonds is 35. The molecule has 102 heavy (non-hydrogen) atoms. The number of unbranched alkanes of at least 4 members (excludes halogenated alkanes) is 6. The zero-order valence-corrected chi connectivity index (χ0v) is 61.0. The Morgan fingerprint density at radius 3 is 2.09 bits per heavy atom. The monoisotopic (exact) mass is 1460 g/mol. The third-order valence-electron chi connectivity index (χ3n) is 19.9. The minimum absolute atomic E-state index is 0.0333. The first-order valence-corrected chi connectivity index (χ1v) is 40.0. The van der Waals surface area contributed by atoms with Crippen LogP contribution in [0.15, 0.2) is 143 Å². The number of carbonyl (C=O) groups excluding carboxylic acids is 5. The number of para-hydroxylation sites is 1. The highest BCUT2D eigenvalue weighted by Gasteiger charge is 2.46. The van der Waals surface area contributed by atoms with Gasteiger partial charge in [0.15, 0.2) is 5.71 Å². The number of likely N-dealkylation sites (tertiary alicyclic amines) is 1. The van der Waals surface area contributed by atoms with Crippen LogP contribution >= 0.6 is 0 Å². The van der Waals surface area contributed by atoms with Crippen molar-refractivity contribution in [2.45, 2.75) is 184 Å². The molecule has 4 heterocycles. The zero-order valence-electron chi connectivity index (χ0n) is 58.6. The molecule has 0 radical (unpaired) electrons. The van der Waals surface area contributed by atoms with Crippen molar-refractivity contribution in [3.8, 4) is 5.75 Å². The highest BCUT2D eigenvalue weighted by Crippen LogP contribution is 2.49. The van der Waals surface area contributed by atoms with Gasteiger partial charge in [-0.2, -0.15) is 29.8 Å². The standard InChI is InChI=1S/C74H96BN7O17S3/c1-73(2)59-20-9-10-21-62(59)80(41-12-14-44-100(90,91)92)64(73)36-30-54-18-16-19-55(31-37-65-74(3,4)60-49-58(102(96,97)98)34-35-63(60)81(65)42-13-15-45-101(93,94)95)70(54)99-57-32-28-51(29-33-57)38-40-77-67(83)23-8-6-5-7-11-39-76-68(84)46-52-24-26-53(27-25-52)50-78-69(85)48-56-47-61(79-71(56)86)72(87)82-43-17-22-66(82)75(88)89/h9-10,20-21,24-37,49,56,61,66,88-89H,5-8,11-19,22-23,38-48,50H2,1-4H3,(H6-,76,77,78,79,83,84,85,86,90,91,92,93,94,95,96,97,98)/p+1/t56-,61-,66-/m1/s1. The Hall–Kier alpha value is -7.83. The van der Waals surface area contributed by atoms with Crippen LogP contribution in [0.2, 0.25) is 0 Å². The summed E-state index contributed by atoms with van der Waals surface area (Å²) in [4.78, 5) is 67.3. The minimum Gasteiger partial charge on any atom is -0.457 e. The topological polar surface area (TPSA) is 356 Å². The number of benzene rings is 4. The van der Waals surface area contributed by atoms with E-state index in [0.717, 1.165) is 89.0 Å². The minimum atomic E-state index is -4.55. The molecule has 1 aliphatic carbocycles. The van der Waals surface area contributed by atoms with E-state index in [1.165, 1.54) is 17.0 Å². The molecule has 4 aromatic rings. The summed E-state index contributed by atoms with van der Waals surface area (Å²) in [6.07, 6.45) is 18.1. The van der Waals surface area contributed by atoms with Gasteiger partial charge >= 0.3 is 7.12 Å². The van der Waals surface area contributed by atoms with E-state index < -0.39 is 72.0 Å². The summed E-state index contributed by atoms with van der Waals surface area (Å²) in [5.41, 5.74) is 8.44. The van der Waals surface area contributed by atoms with Crippen molar-refractivity contribution in [1.82, 2.24) is 26.2 Å². The molecule has 4 aliphatic heterocycles. The van der Waals surface area contributed by atoms with E-state index in [9.17, 15) is 72.9 Å². The number of carbonyl (C=O) groups is 5. The van der Waals surface area contributed by atoms with Gasteiger partial charge in [0, 0.05) is 92.4 Å². The van der Waals surface area contributed by atoms with Gasteiger partial charge in [-0.1, -0.05) is 93.8 Å². The largest absolute Gasteiger partial charge is 0.475 e. The Balaban J connectivity index is 0.758. The summed E-state index contributed by atoms with van der Waals surface area (Å²) in [7, 11) is -14.6. The predicted octanol–water partition coefficient (Wildman–Crippen LogP) is 8.20. The van der Waals surface area contributed by atoms with Gasteiger partial charge < -0.3 is 45.9 Å². The van der Waals surface area contributed by atoms with Gasteiger partial charge in [-0.25, -0.2) is 0 Å². The molecule has 9 N–H and O–H groups in total. The number of amides is 5. The molecule has 2 fully saturated rings. The lowest BCUT2D eigenvalue weighted by Gasteiger charge is -2.27. The van der Waals surface area contributed by atoms with E-state index in [-0.39, 0.29) is 78.8 Å². The maximum absolute atomic E-state index is 13.0. The third-order valence-corrected chi connectivity index (χ3v) is 22.4. The molecule has 0 aromatic heterocycles. The molecule has 0 spiro atoms. The fourth-order valence-corrected chi connectivity index (χ4v) is 16.0. The van der Waals surface area contributed by atoms with Crippen LogP contribution in [0.1, 0.15) is 165 Å².